The van der Waals surface area contributed by atoms with Crippen LogP contribution < -0.4 is 4.72 Å². The molecule has 8 heteroatoms. The van der Waals surface area contributed by atoms with Gasteiger partial charge in [0.05, 0.1) is 4.92 Å². The quantitative estimate of drug-likeness (QED) is 0.657. The Bertz CT molecular complexity index is 640. The van der Waals surface area contributed by atoms with Gasteiger partial charge in [0, 0.05) is 12.0 Å². The molecule has 1 aliphatic rings. The fourth-order valence-corrected chi connectivity index (χ4v) is 2.99. The molecule has 1 aromatic carbocycles. The lowest BCUT2D eigenvalue weighted by atomic mass is 10.3. The molecule has 1 aromatic rings. The first kappa shape index (κ1) is 13.5. The summed E-state index contributed by atoms with van der Waals surface area (Å²) in [7, 11) is -4.20. The second kappa shape index (κ2) is 4.61. The molecule has 0 saturated heterocycles. The molecule has 7 nitrogen and oxygen atoms in total. The third-order valence-corrected chi connectivity index (χ3v) is 4.43. The minimum atomic E-state index is -4.20. The zero-order valence-electron chi connectivity index (χ0n) is 10.1. The van der Waals surface area contributed by atoms with E-state index in [1.165, 1.54) is 12.1 Å². The molecule has 1 aliphatic carbocycles. The fourth-order valence-electron chi connectivity index (χ4n) is 1.79. The van der Waals surface area contributed by atoms with E-state index in [1.807, 2.05) is 11.6 Å². The van der Waals surface area contributed by atoms with Gasteiger partial charge in [0.15, 0.2) is 4.90 Å². The van der Waals surface area contributed by atoms with Crippen molar-refractivity contribution in [1.82, 2.24) is 4.72 Å². The summed E-state index contributed by atoms with van der Waals surface area (Å²) in [5.74, 6) is -0.774. The van der Waals surface area contributed by atoms with E-state index in [0.717, 1.165) is 12.1 Å². The van der Waals surface area contributed by atoms with Crippen LogP contribution in [-0.2, 0) is 14.8 Å². The van der Waals surface area contributed by atoms with Crippen molar-refractivity contribution in [3.8, 4) is 0 Å². The van der Waals surface area contributed by atoms with Crippen molar-refractivity contribution < 1.29 is 18.1 Å². The summed E-state index contributed by atoms with van der Waals surface area (Å²) in [6.45, 7) is 1.84. The first-order valence-corrected chi connectivity index (χ1v) is 7.11. The van der Waals surface area contributed by atoms with E-state index in [1.54, 1.807) is 0 Å². The Hall–Kier alpha value is -1.96. The van der Waals surface area contributed by atoms with Crippen molar-refractivity contribution in [3.05, 3.63) is 34.4 Å². The van der Waals surface area contributed by atoms with Crippen LogP contribution in [0.3, 0.4) is 0 Å². The molecular formula is C11H12N2O5S. The Morgan fingerprint density at radius 3 is 2.53 bits per heavy atom. The average molecular weight is 284 g/mol. The molecule has 1 fully saturated rings. The highest BCUT2D eigenvalue weighted by Gasteiger charge is 2.41. The van der Waals surface area contributed by atoms with E-state index in [-0.39, 0.29) is 11.8 Å². The van der Waals surface area contributed by atoms with E-state index in [0.29, 0.717) is 6.42 Å². The maximum absolute atomic E-state index is 12.0. The number of sulfonamides is 1. The number of carbonyl (C=O) groups excluding carboxylic acids is 1. The van der Waals surface area contributed by atoms with Crippen molar-refractivity contribution in [2.45, 2.75) is 18.2 Å². The van der Waals surface area contributed by atoms with Gasteiger partial charge in [-0.2, -0.15) is 0 Å². The second-order valence-electron chi connectivity index (χ2n) is 4.51. The van der Waals surface area contributed by atoms with Crippen LogP contribution in [0.4, 0.5) is 5.69 Å². The highest BCUT2D eigenvalue weighted by Crippen LogP contribution is 2.38. The zero-order chi connectivity index (χ0) is 14.2. The number of nitrogens with one attached hydrogen (secondary N) is 1. The van der Waals surface area contributed by atoms with Gasteiger partial charge in [0.25, 0.3) is 15.7 Å². The third-order valence-electron chi connectivity index (χ3n) is 3.03. The molecule has 1 N–H and O–H groups in total. The van der Waals surface area contributed by atoms with E-state index in [9.17, 15) is 23.3 Å². The van der Waals surface area contributed by atoms with Crippen LogP contribution in [0.15, 0.2) is 29.2 Å². The predicted molar refractivity (Wildman–Crippen MR) is 65.7 cm³/mol. The van der Waals surface area contributed by atoms with Crippen molar-refractivity contribution in [3.63, 3.8) is 0 Å². The van der Waals surface area contributed by atoms with Crippen molar-refractivity contribution in [2.75, 3.05) is 0 Å². The largest absolute Gasteiger partial charge is 0.289 e. The monoisotopic (exact) mass is 284 g/mol. The van der Waals surface area contributed by atoms with E-state index in [2.05, 4.69) is 0 Å². The number of carbonyl (C=O) groups is 1. The normalized spacial score (nSPS) is 21.7. The van der Waals surface area contributed by atoms with Gasteiger partial charge in [-0.15, -0.1) is 0 Å². The molecule has 0 radical (unpaired) electrons. The van der Waals surface area contributed by atoms with Gasteiger partial charge in [-0.25, -0.2) is 13.1 Å². The Balaban J connectivity index is 2.29. The van der Waals surface area contributed by atoms with E-state index in [4.69, 9.17) is 0 Å². The molecule has 19 heavy (non-hydrogen) atoms. The number of hydrogen-bond acceptors (Lipinski definition) is 5. The SMILES string of the molecule is CC1CC1C(=O)NS(=O)(=O)c1ccccc1[N+](=O)[O-]. The zero-order valence-corrected chi connectivity index (χ0v) is 10.9. The Morgan fingerprint density at radius 1 is 1.42 bits per heavy atom. The van der Waals surface area contributed by atoms with Crippen LogP contribution in [0.1, 0.15) is 13.3 Å². The number of benzene rings is 1. The van der Waals surface area contributed by atoms with Crippen molar-refractivity contribution in [2.24, 2.45) is 11.8 Å². The lowest BCUT2D eigenvalue weighted by Gasteiger charge is -2.06. The van der Waals surface area contributed by atoms with Crippen LogP contribution in [0.2, 0.25) is 0 Å². The molecule has 0 aromatic heterocycles. The molecule has 1 saturated carbocycles. The lowest BCUT2D eigenvalue weighted by molar-refractivity contribution is -0.387. The van der Waals surface area contributed by atoms with Gasteiger partial charge in [-0.05, 0) is 18.4 Å². The van der Waals surface area contributed by atoms with Crippen LogP contribution in [0.5, 0.6) is 0 Å². The Kier molecular flexibility index (Phi) is 3.27. The first-order chi connectivity index (χ1) is 8.83. The standard InChI is InChI=1S/C11H12N2O5S/c1-7-6-8(7)11(14)12-19(17,18)10-5-3-2-4-9(10)13(15)16/h2-5,7-8H,6H2,1H3,(H,12,14). The van der Waals surface area contributed by atoms with Crippen molar-refractivity contribution in [1.29, 1.82) is 0 Å². The van der Waals surface area contributed by atoms with E-state index >= 15 is 0 Å². The summed E-state index contributed by atoms with van der Waals surface area (Å²) in [5.41, 5.74) is -0.549. The van der Waals surface area contributed by atoms with Crippen molar-refractivity contribution >= 4 is 21.6 Å². The fraction of sp³-hybridized carbons (Fsp3) is 0.364. The molecule has 1 amide bonds. The molecule has 0 heterocycles. The van der Waals surface area contributed by atoms with Crippen LogP contribution in [0.25, 0.3) is 0 Å². The van der Waals surface area contributed by atoms with Gasteiger partial charge in [-0.3, -0.25) is 14.9 Å². The number of amides is 1. The highest BCUT2D eigenvalue weighted by atomic mass is 32.2. The third kappa shape index (κ3) is 2.73. The number of nitro benzene ring substituents is 1. The first-order valence-electron chi connectivity index (χ1n) is 5.63. The molecule has 102 valence electrons. The Labute approximate surface area is 109 Å². The summed E-state index contributed by atoms with van der Waals surface area (Å²) in [5, 5.41) is 10.8. The number of rotatable bonds is 4. The number of nitro groups is 1. The molecule has 0 bridgehead atoms. The summed E-state index contributed by atoms with van der Waals surface area (Å²) in [6.07, 6.45) is 0.637. The number of para-hydroxylation sites is 1. The Morgan fingerprint density at radius 2 is 2.00 bits per heavy atom. The van der Waals surface area contributed by atoms with Gasteiger partial charge in [0.2, 0.25) is 5.91 Å². The molecule has 2 unspecified atom stereocenters. The minimum Gasteiger partial charge on any atom is -0.274 e. The topological polar surface area (TPSA) is 106 Å². The smallest absolute Gasteiger partial charge is 0.274 e. The van der Waals surface area contributed by atoms with Gasteiger partial charge in [-0.1, -0.05) is 19.1 Å². The summed E-state index contributed by atoms with van der Waals surface area (Å²) in [4.78, 5) is 21.1. The molecule has 0 aliphatic heterocycles. The molecule has 2 atom stereocenters. The molecule has 2 rings (SSSR count). The summed E-state index contributed by atoms with van der Waals surface area (Å²) < 4.78 is 25.8. The summed E-state index contributed by atoms with van der Waals surface area (Å²) >= 11 is 0. The maximum atomic E-state index is 12.0. The van der Waals surface area contributed by atoms with Gasteiger partial charge in [0.1, 0.15) is 0 Å². The summed E-state index contributed by atoms with van der Waals surface area (Å²) in [6, 6.07) is 4.91. The number of nitrogens with zero attached hydrogens (tertiary/aromatic N) is 1. The lowest BCUT2D eigenvalue weighted by Crippen LogP contribution is -2.32. The van der Waals surface area contributed by atoms with Gasteiger partial charge < -0.3 is 0 Å². The second-order valence-corrected chi connectivity index (χ2v) is 6.16. The minimum absolute atomic E-state index is 0.154. The van der Waals surface area contributed by atoms with Crippen LogP contribution in [-0.4, -0.2) is 19.2 Å². The molecule has 0 spiro atoms. The van der Waals surface area contributed by atoms with Crippen LogP contribution in [0, 0.1) is 22.0 Å². The molecular weight excluding hydrogens is 272 g/mol. The van der Waals surface area contributed by atoms with E-state index < -0.39 is 31.4 Å². The average Bonchev–Trinajstić information content (AvgIpc) is 3.06. The van der Waals surface area contributed by atoms with Crippen LogP contribution >= 0.6 is 0 Å². The predicted octanol–water partition coefficient (Wildman–Crippen LogP) is 1.06. The number of hydrogen-bond donors (Lipinski definition) is 1. The van der Waals surface area contributed by atoms with Gasteiger partial charge >= 0.3 is 0 Å². The maximum Gasteiger partial charge on any atom is 0.289 e. The highest BCUT2D eigenvalue weighted by molar-refractivity contribution is 7.90.